The van der Waals surface area contributed by atoms with Crippen LogP contribution >= 0.6 is 0 Å². The van der Waals surface area contributed by atoms with Crippen molar-refractivity contribution in [3.63, 3.8) is 0 Å². The van der Waals surface area contributed by atoms with E-state index in [0.29, 0.717) is 0 Å². The third-order valence-corrected chi connectivity index (χ3v) is 4.57. The second-order valence-corrected chi connectivity index (χ2v) is 6.07. The van der Waals surface area contributed by atoms with Crippen LogP contribution in [0.5, 0.6) is 0 Å². The van der Waals surface area contributed by atoms with Gasteiger partial charge in [-0.05, 0) is 64.7 Å². The largest absolute Gasteiger partial charge is 0.313 e. The predicted molar refractivity (Wildman–Crippen MR) is 71.3 cm³/mol. The van der Waals surface area contributed by atoms with E-state index in [0.717, 1.165) is 12.1 Å². The minimum Gasteiger partial charge on any atom is -0.313 e. The highest BCUT2D eigenvalue weighted by Crippen LogP contribution is 2.29. The summed E-state index contributed by atoms with van der Waals surface area (Å²) in [5.74, 6) is 0. The van der Waals surface area contributed by atoms with Gasteiger partial charge in [0.25, 0.3) is 0 Å². The highest BCUT2D eigenvalue weighted by Gasteiger charge is 2.33. The number of hydrogen-bond acceptors (Lipinski definition) is 3. The van der Waals surface area contributed by atoms with Gasteiger partial charge in [-0.25, -0.2) is 0 Å². The molecule has 1 aliphatic carbocycles. The maximum absolute atomic E-state index is 3.75. The fourth-order valence-corrected chi connectivity index (χ4v) is 3.34. The van der Waals surface area contributed by atoms with Gasteiger partial charge in [0, 0.05) is 25.2 Å². The average molecular weight is 237 g/mol. The highest BCUT2D eigenvalue weighted by atomic mass is 15.2. The van der Waals surface area contributed by atoms with Gasteiger partial charge in [-0.2, -0.15) is 0 Å². The molecule has 0 spiro atoms. The topological polar surface area (TPSA) is 18.5 Å². The fraction of sp³-hybridized carbons (Fsp3) is 1.00. The Morgan fingerprint density at radius 2 is 1.82 bits per heavy atom. The van der Waals surface area contributed by atoms with E-state index < -0.39 is 0 Å². The highest BCUT2D eigenvalue weighted by molar-refractivity contribution is 4.91. The molecule has 3 heteroatoms. The van der Waals surface area contributed by atoms with Gasteiger partial charge < -0.3 is 10.2 Å². The van der Waals surface area contributed by atoms with Crippen molar-refractivity contribution < 1.29 is 0 Å². The van der Waals surface area contributed by atoms with Crippen LogP contribution in [0.3, 0.4) is 0 Å². The SMILES string of the molecule is C1CCN(CCCNC2CCN(C3CC3)C2)C1. The zero-order valence-corrected chi connectivity index (χ0v) is 11.0. The molecule has 0 radical (unpaired) electrons. The lowest BCUT2D eigenvalue weighted by Crippen LogP contribution is -2.35. The molecule has 1 N–H and O–H groups in total. The van der Waals surface area contributed by atoms with Gasteiger partial charge in [-0.3, -0.25) is 4.90 Å². The van der Waals surface area contributed by atoms with Gasteiger partial charge in [-0.15, -0.1) is 0 Å². The van der Waals surface area contributed by atoms with Crippen LogP contribution in [-0.4, -0.2) is 61.2 Å². The van der Waals surface area contributed by atoms with E-state index in [-0.39, 0.29) is 0 Å². The van der Waals surface area contributed by atoms with Crippen LogP contribution < -0.4 is 5.32 Å². The Hall–Kier alpha value is -0.120. The van der Waals surface area contributed by atoms with Crippen molar-refractivity contribution in [2.75, 3.05) is 39.3 Å². The Morgan fingerprint density at radius 3 is 2.59 bits per heavy atom. The van der Waals surface area contributed by atoms with Gasteiger partial charge >= 0.3 is 0 Å². The summed E-state index contributed by atoms with van der Waals surface area (Å²) in [6, 6.07) is 1.75. The molecule has 0 bridgehead atoms. The van der Waals surface area contributed by atoms with Gasteiger partial charge in [0.15, 0.2) is 0 Å². The first-order valence-corrected chi connectivity index (χ1v) is 7.61. The number of nitrogens with zero attached hydrogens (tertiary/aromatic N) is 2. The lowest BCUT2D eigenvalue weighted by molar-refractivity contribution is 0.310. The molecule has 0 aromatic carbocycles. The molecule has 0 aromatic rings. The minimum absolute atomic E-state index is 0.786. The molecule has 98 valence electrons. The summed E-state index contributed by atoms with van der Waals surface area (Å²) >= 11 is 0. The van der Waals surface area contributed by atoms with Crippen molar-refractivity contribution in [2.24, 2.45) is 0 Å². The zero-order valence-electron chi connectivity index (χ0n) is 11.0. The van der Waals surface area contributed by atoms with Gasteiger partial charge in [-0.1, -0.05) is 0 Å². The quantitative estimate of drug-likeness (QED) is 0.703. The molecule has 3 aliphatic rings. The van der Waals surface area contributed by atoms with Crippen molar-refractivity contribution in [2.45, 2.75) is 50.6 Å². The van der Waals surface area contributed by atoms with E-state index in [1.807, 2.05) is 0 Å². The van der Waals surface area contributed by atoms with E-state index >= 15 is 0 Å². The van der Waals surface area contributed by atoms with Crippen molar-refractivity contribution in [1.82, 2.24) is 15.1 Å². The van der Waals surface area contributed by atoms with Crippen molar-refractivity contribution >= 4 is 0 Å². The first-order valence-electron chi connectivity index (χ1n) is 7.61. The molecule has 0 aromatic heterocycles. The van der Waals surface area contributed by atoms with E-state index in [1.165, 1.54) is 77.8 Å². The van der Waals surface area contributed by atoms with E-state index in [1.54, 1.807) is 0 Å². The lowest BCUT2D eigenvalue weighted by Gasteiger charge is -2.17. The Morgan fingerprint density at radius 1 is 1.00 bits per heavy atom. The third kappa shape index (κ3) is 3.43. The standard InChI is InChI=1S/C14H27N3/c1-2-9-16(8-1)10-3-7-15-13-6-11-17(12-13)14-4-5-14/h13-15H,1-12H2. The van der Waals surface area contributed by atoms with E-state index in [4.69, 9.17) is 0 Å². The number of nitrogens with one attached hydrogen (secondary N) is 1. The molecule has 1 atom stereocenters. The van der Waals surface area contributed by atoms with Crippen LogP contribution in [0.4, 0.5) is 0 Å². The predicted octanol–water partition coefficient (Wildman–Crippen LogP) is 1.30. The number of rotatable bonds is 6. The summed E-state index contributed by atoms with van der Waals surface area (Å²) in [4.78, 5) is 5.31. The second-order valence-electron chi connectivity index (χ2n) is 6.07. The molecule has 17 heavy (non-hydrogen) atoms. The van der Waals surface area contributed by atoms with Crippen LogP contribution in [0.25, 0.3) is 0 Å². The molecular formula is C14H27N3. The maximum Gasteiger partial charge on any atom is 0.0207 e. The maximum atomic E-state index is 3.75. The minimum atomic E-state index is 0.786. The molecule has 1 unspecified atom stereocenters. The summed E-state index contributed by atoms with van der Waals surface area (Å²) in [5.41, 5.74) is 0. The zero-order chi connectivity index (χ0) is 11.5. The van der Waals surface area contributed by atoms with Crippen LogP contribution in [0.15, 0.2) is 0 Å². The normalized spacial score (nSPS) is 31.4. The van der Waals surface area contributed by atoms with E-state index in [9.17, 15) is 0 Å². The number of likely N-dealkylation sites (tertiary alicyclic amines) is 2. The summed E-state index contributed by atoms with van der Waals surface area (Å²) in [6.45, 7) is 7.88. The average Bonchev–Trinajstić information content (AvgIpc) is 2.89. The Bertz CT molecular complexity index is 234. The Labute approximate surface area is 106 Å². The molecule has 2 aliphatic heterocycles. The molecule has 1 saturated carbocycles. The molecule has 3 rings (SSSR count). The van der Waals surface area contributed by atoms with Crippen molar-refractivity contribution in [1.29, 1.82) is 0 Å². The monoisotopic (exact) mass is 237 g/mol. The van der Waals surface area contributed by atoms with Gasteiger partial charge in [0.2, 0.25) is 0 Å². The second kappa shape index (κ2) is 5.68. The molecular weight excluding hydrogens is 210 g/mol. The first-order chi connectivity index (χ1) is 8.42. The van der Waals surface area contributed by atoms with Crippen LogP contribution in [0.1, 0.15) is 38.5 Å². The Kier molecular flexibility index (Phi) is 3.99. The fourth-order valence-electron chi connectivity index (χ4n) is 3.34. The van der Waals surface area contributed by atoms with Crippen LogP contribution in [-0.2, 0) is 0 Å². The van der Waals surface area contributed by atoms with Crippen LogP contribution in [0.2, 0.25) is 0 Å². The van der Waals surface area contributed by atoms with E-state index in [2.05, 4.69) is 15.1 Å². The lowest BCUT2D eigenvalue weighted by atomic mass is 10.2. The summed E-state index contributed by atoms with van der Waals surface area (Å²) < 4.78 is 0. The summed E-state index contributed by atoms with van der Waals surface area (Å²) in [5, 5.41) is 3.75. The van der Waals surface area contributed by atoms with Gasteiger partial charge in [0.05, 0.1) is 0 Å². The molecule has 0 amide bonds. The third-order valence-electron chi connectivity index (χ3n) is 4.57. The molecule has 2 heterocycles. The summed E-state index contributed by atoms with van der Waals surface area (Å²) in [6.07, 6.45) is 8.47. The van der Waals surface area contributed by atoms with Crippen molar-refractivity contribution in [3.8, 4) is 0 Å². The summed E-state index contributed by atoms with van der Waals surface area (Å²) in [7, 11) is 0. The van der Waals surface area contributed by atoms with Crippen molar-refractivity contribution in [3.05, 3.63) is 0 Å². The molecule has 3 fully saturated rings. The smallest absolute Gasteiger partial charge is 0.0207 e. The van der Waals surface area contributed by atoms with Crippen LogP contribution in [0, 0.1) is 0 Å². The first kappa shape index (κ1) is 11.9. The Balaban J connectivity index is 1.24. The molecule has 3 nitrogen and oxygen atoms in total. The number of hydrogen-bond donors (Lipinski definition) is 1. The molecule has 2 saturated heterocycles. The van der Waals surface area contributed by atoms with Gasteiger partial charge in [0.1, 0.15) is 0 Å².